The van der Waals surface area contributed by atoms with Crippen LogP contribution in [0, 0.1) is 0 Å². The van der Waals surface area contributed by atoms with Crippen LogP contribution in [0.1, 0.15) is 20.3 Å². The summed E-state index contributed by atoms with van der Waals surface area (Å²) in [4.78, 5) is 0. The molecular weight excluding hydrogens is 176 g/mol. The lowest BCUT2D eigenvalue weighted by atomic mass is 10.5. The Bertz CT molecular complexity index is 175. The van der Waals surface area contributed by atoms with E-state index in [1.807, 2.05) is 6.92 Å². The highest BCUT2D eigenvalue weighted by Gasteiger charge is 2.06. The summed E-state index contributed by atoms with van der Waals surface area (Å²) < 4.78 is 6.75. The summed E-state index contributed by atoms with van der Waals surface area (Å²) in [6, 6.07) is 0. The van der Waals surface area contributed by atoms with Gasteiger partial charge in [-0.25, -0.2) is 0 Å². The fraction of sp³-hybridized carbons (Fsp3) is 0.500. The largest absolute Gasteiger partial charge is 0.497 e. The maximum atomic E-state index is 5.47. The van der Waals surface area contributed by atoms with Gasteiger partial charge in [-0.05, 0) is 24.2 Å². The molecule has 1 heterocycles. The molecule has 1 nitrogen and oxygen atoms in total. The van der Waals surface area contributed by atoms with E-state index in [1.54, 1.807) is 23.5 Å². The van der Waals surface area contributed by atoms with Gasteiger partial charge in [0.15, 0.2) is 0 Å². The Kier molecular flexibility index (Phi) is 3.94. The first-order valence-corrected chi connectivity index (χ1v) is 5.42. The van der Waals surface area contributed by atoms with Crippen LogP contribution in [0.5, 0.6) is 0 Å². The summed E-state index contributed by atoms with van der Waals surface area (Å²) in [6.07, 6.45) is 1.08. The molecule has 0 bridgehead atoms. The lowest BCUT2D eigenvalue weighted by Crippen LogP contribution is -1.90. The van der Waals surface area contributed by atoms with Crippen molar-refractivity contribution in [3.05, 3.63) is 20.8 Å². The second-order valence-electron chi connectivity index (χ2n) is 2.20. The van der Waals surface area contributed by atoms with Gasteiger partial charge >= 0.3 is 0 Å². The molecule has 1 aliphatic rings. The second-order valence-corrected chi connectivity index (χ2v) is 4.29. The Balaban J connectivity index is 2.37. The molecule has 0 saturated heterocycles. The van der Waals surface area contributed by atoms with Gasteiger partial charge in [0.25, 0.3) is 0 Å². The van der Waals surface area contributed by atoms with Gasteiger partial charge in [0, 0.05) is 0 Å². The number of allylic oxidation sites excluding steroid dienone is 1. The van der Waals surface area contributed by atoms with E-state index in [1.165, 1.54) is 4.24 Å². The van der Waals surface area contributed by atoms with E-state index >= 15 is 0 Å². The molecule has 0 N–H and O–H groups in total. The van der Waals surface area contributed by atoms with Crippen molar-refractivity contribution in [3.63, 3.8) is 0 Å². The predicted octanol–water partition coefficient (Wildman–Crippen LogP) is 3.55. The van der Waals surface area contributed by atoms with E-state index in [0.717, 1.165) is 18.8 Å². The smallest absolute Gasteiger partial charge is 0.113 e. The molecule has 0 amide bonds. The van der Waals surface area contributed by atoms with Crippen molar-refractivity contribution < 1.29 is 4.74 Å². The molecule has 11 heavy (non-hydrogen) atoms. The molecule has 3 heteroatoms. The van der Waals surface area contributed by atoms with Gasteiger partial charge in [-0.2, -0.15) is 0 Å². The van der Waals surface area contributed by atoms with Crippen molar-refractivity contribution in [1.82, 2.24) is 0 Å². The summed E-state index contributed by atoms with van der Waals surface area (Å²) in [7, 11) is 0. The molecule has 1 rings (SSSR count). The van der Waals surface area contributed by atoms with Crippen LogP contribution < -0.4 is 0 Å². The zero-order valence-electron chi connectivity index (χ0n) is 6.79. The van der Waals surface area contributed by atoms with Gasteiger partial charge in [-0.15, -0.1) is 0 Å². The predicted molar refractivity (Wildman–Crippen MR) is 53.3 cm³/mol. The van der Waals surface area contributed by atoms with Crippen molar-refractivity contribution in [2.75, 3.05) is 6.61 Å². The average Bonchev–Trinajstić information content (AvgIpc) is 2.52. The highest BCUT2D eigenvalue weighted by molar-refractivity contribution is 8.27. The first kappa shape index (κ1) is 9.07. The van der Waals surface area contributed by atoms with Crippen molar-refractivity contribution in [2.45, 2.75) is 20.3 Å². The first-order valence-electron chi connectivity index (χ1n) is 3.66. The zero-order valence-corrected chi connectivity index (χ0v) is 8.43. The van der Waals surface area contributed by atoms with Gasteiger partial charge in [0.2, 0.25) is 0 Å². The van der Waals surface area contributed by atoms with E-state index in [2.05, 4.69) is 17.7 Å². The molecular formula is C8H12OS2. The summed E-state index contributed by atoms with van der Waals surface area (Å²) >= 11 is 3.48. The number of thioether (sulfide) groups is 2. The van der Waals surface area contributed by atoms with Crippen LogP contribution in [-0.4, -0.2) is 6.61 Å². The van der Waals surface area contributed by atoms with Crippen LogP contribution in [0.4, 0.5) is 0 Å². The summed E-state index contributed by atoms with van der Waals surface area (Å²) in [5.41, 5.74) is 0. The van der Waals surface area contributed by atoms with E-state index in [9.17, 15) is 0 Å². The molecule has 0 fully saturated rings. The van der Waals surface area contributed by atoms with Crippen LogP contribution >= 0.6 is 23.5 Å². The summed E-state index contributed by atoms with van der Waals surface area (Å²) in [6.45, 7) is 4.97. The Morgan fingerprint density at radius 2 is 2.09 bits per heavy atom. The van der Waals surface area contributed by atoms with E-state index in [-0.39, 0.29) is 0 Å². The fourth-order valence-electron chi connectivity index (χ4n) is 0.687. The molecule has 0 aromatic carbocycles. The van der Waals surface area contributed by atoms with Crippen LogP contribution in [0.2, 0.25) is 0 Å². The standard InChI is InChI=1S/C8H12OS2/c1-3-4-9-7(2)8-10-5-6-11-8/h5-6H,3-4H2,1-2H3. The normalized spacial score (nSPS) is 15.6. The number of hydrogen-bond acceptors (Lipinski definition) is 3. The third-order valence-corrected chi connectivity index (χ3v) is 3.51. The Morgan fingerprint density at radius 1 is 1.45 bits per heavy atom. The zero-order chi connectivity index (χ0) is 8.10. The quantitative estimate of drug-likeness (QED) is 0.627. The van der Waals surface area contributed by atoms with Crippen molar-refractivity contribution >= 4 is 23.5 Å². The second kappa shape index (κ2) is 4.78. The fourth-order valence-corrected chi connectivity index (χ4v) is 2.38. The molecule has 62 valence electrons. The Hall–Kier alpha value is -0.0200. The van der Waals surface area contributed by atoms with Crippen molar-refractivity contribution in [1.29, 1.82) is 0 Å². The van der Waals surface area contributed by atoms with Crippen LogP contribution in [-0.2, 0) is 4.74 Å². The molecule has 0 atom stereocenters. The average molecular weight is 188 g/mol. The molecule has 0 aromatic rings. The molecule has 0 unspecified atom stereocenters. The van der Waals surface area contributed by atoms with Crippen molar-refractivity contribution in [3.8, 4) is 0 Å². The Morgan fingerprint density at radius 3 is 2.64 bits per heavy atom. The highest BCUT2D eigenvalue weighted by Crippen LogP contribution is 2.39. The SMILES string of the molecule is CCCOC(C)=C1SC=CS1. The maximum absolute atomic E-state index is 5.47. The molecule has 0 radical (unpaired) electrons. The van der Waals surface area contributed by atoms with Gasteiger partial charge < -0.3 is 4.74 Å². The lowest BCUT2D eigenvalue weighted by molar-refractivity contribution is 0.215. The summed E-state index contributed by atoms with van der Waals surface area (Å²) in [5.74, 6) is 1.06. The first-order chi connectivity index (χ1) is 5.34. The number of ether oxygens (including phenoxy) is 1. The van der Waals surface area contributed by atoms with Crippen LogP contribution in [0.25, 0.3) is 0 Å². The molecule has 0 spiro atoms. The topological polar surface area (TPSA) is 9.23 Å². The van der Waals surface area contributed by atoms with E-state index in [0.29, 0.717) is 0 Å². The maximum Gasteiger partial charge on any atom is 0.113 e. The number of rotatable bonds is 3. The van der Waals surface area contributed by atoms with E-state index < -0.39 is 0 Å². The lowest BCUT2D eigenvalue weighted by Gasteiger charge is -2.06. The van der Waals surface area contributed by atoms with Crippen LogP contribution in [0.15, 0.2) is 20.8 Å². The van der Waals surface area contributed by atoms with E-state index in [4.69, 9.17) is 4.74 Å². The molecule has 0 aliphatic carbocycles. The van der Waals surface area contributed by atoms with Gasteiger partial charge in [0.05, 0.1) is 10.8 Å². The highest BCUT2D eigenvalue weighted by atomic mass is 32.2. The minimum atomic E-state index is 0.830. The van der Waals surface area contributed by atoms with Crippen molar-refractivity contribution in [2.24, 2.45) is 0 Å². The van der Waals surface area contributed by atoms with Gasteiger partial charge in [-0.1, -0.05) is 30.4 Å². The molecule has 0 saturated carbocycles. The Labute approximate surface area is 76.3 Å². The molecule has 0 aromatic heterocycles. The monoisotopic (exact) mass is 188 g/mol. The minimum Gasteiger partial charge on any atom is -0.497 e. The van der Waals surface area contributed by atoms with Gasteiger partial charge in [0.1, 0.15) is 5.76 Å². The summed E-state index contributed by atoms with van der Waals surface area (Å²) in [5, 5.41) is 4.16. The third kappa shape index (κ3) is 2.83. The number of hydrogen-bond donors (Lipinski definition) is 0. The minimum absolute atomic E-state index is 0.830. The third-order valence-electron chi connectivity index (χ3n) is 1.22. The van der Waals surface area contributed by atoms with Crippen LogP contribution in [0.3, 0.4) is 0 Å². The van der Waals surface area contributed by atoms with Gasteiger partial charge in [-0.3, -0.25) is 0 Å². The molecule has 1 aliphatic heterocycles.